The molecule has 0 spiro atoms. The van der Waals surface area contributed by atoms with Crippen LogP contribution in [0.2, 0.25) is 0 Å². The molecule has 58 valence electrons. The van der Waals surface area contributed by atoms with Crippen molar-refractivity contribution in [3.63, 3.8) is 0 Å². The predicted molar refractivity (Wildman–Crippen MR) is 48.9 cm³/mol. The molecule has 0 bridgehead atoms. The Bertz CT molecular complexity index is 261. The SMILES string of the molecule is Cc1cp(CCC#N)cc1C. The number of nitriles is 1. The van der Waals surface area contributed by atoms with Gasteiger partial charge in [-0.05, 0) is 42.7 Å². The first-order valence-electron chi connectivity index (χ1n) is 3.74. The fraction of sp³-hybridized carbons (Fsp3) is 0.444. The standard InChI is InChI=1S/C9H12NP/c1-8-6-11(5-3-4-10)7-9(8)2/h6-7H,3,5H2,1-2H3. The first-order valence-corrected chi connectivity index (χ1v) is 5.40. The minimum atomic E-state index is -0.0763. The van der Waals surface area contributed by atoms with Crippen LogP contribution in [-0.4, -0.2) is 0 Å². The van der Waals surface area contributed by atoms with Crippen LogP contribution in [0.1, 0.15) is 17.5 Å². The van der Waals surface area contributed by atoms with Gasteiger partial charge in [0.25, 0.3) is 0 Å². The molecule has 0 N–H and O–H groups in total. The molecule has 1 nitrogen and oxygen atoms in total. The van der Waals surface area contributed by atoms with E-state index in [4.69, 9.17) is 5.26 Å². The van der Waals surface area contributed by atoms with Gasteiger partial charge < -0.3 is 0 Å². The van der Waals surface area contributed by atoms with Crippen LogP contribution < -0.4 is 0 Å². The van der Waals surface area contributed by atoms with E-state index in [2.05, 4.69) is 31.5 Å². The predicted octanol–water partition coefficient (Wildman–Crippen LogP) is 3.20. The first kappa shape index (κ1) is 8.37. The summed E-state index contributed by atoms with van der Waals surface area (Å²) in [6, 6.07) is 2.18. The van der Waals surface area contributed by atoms with Crippen LogP contribution in [0.4, 0.5) is 0 Å². The molecule has 0 unspecified atom stereocenters. The van der Waals surface area contributed by atoms with Gasteiger partial charge in [-0.25, -0.2) is 0 Å². The summed E-state index contributed by atoms with van der Waals surface area (Å²) in [5.74, 6) is 4.62. The monoisotopic (exact) mass is 165 g/mol. The number of rotatable bonds is 2. The second-order valence-electron chi connectivity index (χ2n) is 2.77. The second-order valence-corrected chi connectivity index (χ2v) is 4.76. The molecule has 0 aliphatic heterocycles. The van der Waals surface area contributed by atoms with Crippen molar-refractivity contribution < 1.29 is 0 Å². The lowest BCUT2D eigenvalue weighted by Crippen LogP contribution is -1.63. The third-order valence-electron chi connectivity index (χ3n) is 1.82. The average Bonchev–Trinajstić information content (AvgIpc) is 2.28. The first-order chi connectivity index (χ1) is 5.24. The van der Waals surface area contributed by atoms with Crippen LogP contribution in [0.3, 0.4) is 0 Å². The van der Waals surface area contributed by atoms with Crippen molar-refractivity contribution in [1.82, 2.24) is 0 Å². The van der Waals surface area contributed by atoms with Crippen molar-refractivity contribution in [2.75, 3.05) is 0 Å². The maximum absolute atomic E-state index is 8.38. The Kier molecular flexibility index (Phi) is 2.74. The van der Waals surface area contributed by atoms with E-state index in [1.807, 2.05) is 0 Å². The zero-order valence-corrected chi connectivity index (χ0v) is 7.86. The zero-order chi connectivity index (χ0) is 8.27. The largest absolute Gasteiger partial charge is 0.198 e. The minimum absolute atomic E-state index is 0.0763. The van der Waals surface area contributed by atoms with Gasteiger partial charge >= 0.3 is 0 Å². The second kappa shape index (κ2) is 3.60. The Morgan fingerprint density at radius 3 is 2.36 bits per heavy atom. The highest BCUT2D eigenvalue weighted by Crippen LogP contribution is 2.34. The summed E-state index contributed by atoms with van der Waals surface area (Å²) in [4.78, 5) is 0. The van der Waals surface area contributed by atoms with Crippen LogP contribution in [0.25, 0.3) is 0 Å². The molecule has 1 aromatic rings. The molecule has 0 amide bonds. The third kappa shape index (κ3) is 2.10. The van der Waals surface area contributed by atoms with E-state index >= 15 is 0 Å². The van der Waals surface area contributed by atoms with E-state index in [0.29, 0.717) is 6.42 Å². The molecule has 0 aromatic carbocycles. The summed E-state index contributed by atoms with van der Waals surface area (Å²) >= 11 is 0. The lowest BCUT2D eigenvalue weighted by atomic mass is 10.2. The number of aryl methyl sites for hydroxylation is 3. The van der Waals surface area contributed by atoms with Crippen LogP contribution in [0, 0.1) is 25.2 Å². The van der Waals surface area contributed by atoms with Crippen molar-refractivity contribution in [2.45, 2.75) is 26.4 Å². The van der Waals surface area contributed by atoms with Crippen molar-refractivity contribution in [2.24, 2.45) is 0 Å². The van der Waals surface area contributed by atoms with Crippen LogP contribution in [-0.2, 0) is 6.16 Å². The van der Waals surface area contributed by atoms with Crippen molar-refractivity contribution >= 4 is 7.53 Å². The normalized spacial score (nSPS) is 9.55. The van der Waals surface area contributed by atoms with E-state index in [0.717, 1.165) is 6.16 Å². The van der Waals surface area contributed by atoms with Gasteiger partial charge in [-0.15, -0.1) is 7.53 Å². The van der Waals surface area contributed by atoms with Gasteiger partial charge in [0.1, 0.15) is 0 Å². The lowest BCUT2D eigenvalue weighted by molar-refractivity contribution is 1.16. The Morgan fingerprint density at radius 2 is 1.91 bits per heavy atom. The molecular formula is C9H12NP. The molecule has 11 heavy (non-hydrogen) atoms. The molecule has 0 aliphatic rings. The Morgan fingerprint density at radius 1 is 1.36 bits per heavy atom. The molecule has 1 aromatic heterocycles. The van der Waals surface area contributed by atoms with Crippen LogP contribution in [0.15, 0.2) is 11.6 Å². The molecular weight excluding hydrogens is 153 g/mol. The summed E-state index contributed by atoms with van der Waals surface area (Å²) in [6.45, 7) is 4.28. The lowest BCUT2D eigenvalue weighted by Gasteiger charge is -1.88. The Labute approximate surface area is 68.7 Å². The quantitative estimate of drug-likeness (QED) is 0.660. The fourth-order valence-electron chi connectivity index (χ4n) is 1.05. The van der Waals surface area contributed by atoms with Crippen molar-refractivity contribution in [1.29, 1.82) is 5.26 Å². The number of hydrogen-bond acceptors (Lipinski definition) is 1. The molecule has 0 fully saturated rings. The molecule has 0 atom stereocenters. The van der Waals surface area contributed by atoms with E-state index in [1.54, 1.807) is 0 Å². The summed E-state index contributed by atoms with van der Waals surface area (Å²) in [5.41, 5.74) is 2.79. The zero-order valence-electron chi connectivity index (χ0n) is 6.96. The Hall–Kier alpha value is -0.730. The summed E-state index contributed by atoms with van der Waals surface area (Å²) in [5, 5.41) is 8.38. The molecule has 1 heterocycles. The van der Waals surface area contributed by atoms with Crippen LogP contribution in [0.5, 0.6) is 0 Å². The number of hydrogen-bond donors (Lipinski definition) is 0. The third-order valence-corrected chi connectivity index (χ3v) is 4.00. The van der Waals surface area contributed by atoms with Gasteiger partial charge in [-0.1, -0.05) is 0 Å². The average molecular weight is 165 g/mol. The minimum Gasteiger partial charge on any atom is -0.198 e. The number of nitrogens with zero attached hydrogens (tertiary/aromatic N) is 1. The summed E-state index contributed by atoms with van der Waals surface area (Å²) in [7, 11) is -0.0763. The van der Waals surface area contributed by atoms with Gasteiger partial charge in [0.05, 0.1) is 6.07 Å². The van der Waals surface area contributed by atoms with Crippen molar-refractivity contribution in [3.05, 3.63) is 22.7 Å². The van der Waals surface area contributed by atoms with Gasteiger partial charge in [0.2, 0.25) is 0 Å². The highest BCUT2D eigenvalue weighted by atomic mass is 31.1. The molecule has 2 heteroatoms. The fourth-order valence-corrected chi connectivity index (χ4v) is 3.14. The molecule has 0 saturated carbocycles. The van der Waals surface area contributed by atoms with Gasteiger partial charge in [-0.2, -0.15) is 5.26 Å². The van der Waals surface area contributed by atoms with E-state index in [1.165, 1.54) is 11.1 Å². The molecule has 0 radical (unpaired) electrons. The molecule has 1 rings (SSSR count). The van der Waals surface area contributed by atoms with Gasteiger partial charge in [0.15, 0.2) is 0 Å². The highest BCUT2D eigenvalue weighted by molar-refractivity contribution is 7.47. The van der Waals surface area contributed by atoms with Gasteiger partial charge in [0, 0.05) is 6.42 Å². The smallest absolute Gasteiger partial charge is 0.0628 e. The maximum Gasteiger partial charge on any atom is 0.0628 e. The molecule has 0 saturated heterocycles. The summed E-state index contributed by atoms with van der Waals surface area (Å²) in [6.07, 6.45) is 1.74. The maximum atomic E-state index is 8.38. The Balaban J connectivity index is 2.67. The topological polar surface area (TPSA) is 23.8 Å². The van der Waals surface area contributed by atoms with E-state index in [-0.39, 0.29) is 7.53 Å². The molecule has 0 aliphatic carbocycles. The highest BCUT2D eigenvalue weighted by Gasteiger charge is 1.97. The van der Waals surface area contributed by atoms with E-state index < -0.39 is 0 Å². The van der Waals surface area contributed by atoms with Gasteiger partial charge in [-0.3, -0.25) is 0 Å². The van der Waals surface area contributed by atoms with E-state index in [9.17, 15) is 0 Å². The summed E-state index contributed by atoms with van der Waals surface area (Å²) < 4.78 is 0. The van der Waals surface area contributed by atoms with Crippen molar-refractivity contribution in [3.8, 4) is 6.07 Å². The van der Waals surface area contributed by atoms with Crippen LogP contribution >= 0.6 is 7.53 Å².